The molecule has 1 aromatic carbocycles. The summed E-state index contributed by atoms with van der Waals surface area (Å²) in [6.45, 7) is 13.3. The second-order valence-electron chi connectivity index (χ2n) is 9.34. The van der Waals surface area contributed by atoms with Crippen LogP contribution in [0.1, 0.15) is 60.3 Å². The van der Waals surface area contributed by atoms with Crippen LogP contribution in [0.4, 0.5) is 11.4 Å². The summed E-state index contributed by atoms with van der Waals surface area (Å²) >= 11 is 0. The molecule has 5 nitrogen and oxygen atoms in total. The van der Waals surface area contributed by atoms with Gasteiger partial charge >= 0.3 is 5.97 Å². The number of aliphatic carboxylic acids is 1. The van der Waals surface area contributed by atoms with E-state index in [9.17, 15) is 4.79 Å². The fourth-order valence-electron chi connectivity index (χ4n) is 5.29. The summed E-state index contributed by atoms with van der Waals surface area (Å²) < 4.78 is 0. The highest BCUT2D eigenvalue weighted by Crippen LogP contribution is 2.44. The molecule has 0 fully saturated rings. The van der Waals surface area contributed by atoms with E-state index in [0.29, 0.717) is 11.1 Å². The predicted octanol–water partition coefficient (Wildman–Crippen LogP) is 5.80. The quantitative estimate of drug-likeness (QED) is 0.268. The number of unbranched alkanes of at least 4 members (excludes halogenated alkanes) is 2. The van der Waals surface area contributed by atoms with Crippen molar-refractivity contribution in [2.45, 2.75) is 71.4 Å². The van der Waals surface area contributed by atoms with Gasteiger partial charge in [0.25, 0.3) is 0 Å². The topological polar surface area (TPSA) is 74.0 Å². The number of aliphatic imine (C=N–C) groups is 2. The highest BCUT2D eigenvalue weighted by atomic mass is 28.3. The lowest BCUT2D eigenvalue weighted by Gasteiger charge is -2.45. The van der Waals surface area contributed by atoms with Gasteiger partial charge in [0.15, 0.2) is 0 Å². The number of fused-ring (bicyclic) bond motifs is 2. The predicted molar refractivity (Wildman–Crippen MR) is 139 cm³/mol. The molecule has 0 saturated carbocycles. The first kappa shape index (κ1) is 24.2. The summed E-state index contributed by atoms with van der Waals surface area (Å²) in [5, 5.41) is 15.1. The monoisotopic (exact) mass is 451 g/mol. The number of anilines is 1. The molecule has 2 N–H and O–H groups in total. The minimum Gasteiger partial charge on any atom is -0.481 e. The van der Waals surface area contributed by atoms with E-state index in [1.807, 2.05) is 0 Å². The van der Waals surface area contributed by atoms with Crippen LogP contribution in [0.2, 0.25) is 11.1 Å². The molecule has 172 valence electrons. The normalized spacial score (nSPS) is 17.8. The fraction of sp³-hybridized carbons (Fsp3) is 0.500. The maximum atomic E-state index is 10.7. The molecule has 0 saturated heterocycles. The van der Waals surface area contributed by atoms with Gasteiger partial charge in [0.05, 0.1) is 17.1 Å². The summed E-state index contributed by atoms with van der Waals surface area (Å²) in [6, 6.07) is 6.67. The third-order valence-corrected chi connectivity index (χ3v) is 12.9. The van der Waals surface area contributed by atoms with Crippen LogP contribution >= 0.6 is 0 Å². The van der Waals surface area contributed by atoms with Crippen molar-refractivity contribution in [2.24, 2.45) is 9.98 Å². The lowest BCUT2D eigenvalue weighted by atomic mass is 10.1. The molecule has 1 aliphatic heterocycles. The molecule has 0 atom stereocenters. The maximum Gasteiger partial charge on any atom is 0.303 e. The molecule has 3 rings (SSSR count). The van der Waals surface area contributed by atoms with Gasteiger partial charge in [-0.15, -0.1) is 0 Å². The highest BCUT2D eigenvalue weighted by molar-refractivity contribution is 7.04. The molecule has 6 heteroatoms. The largest absolute Gasteiger partial charge is 0.481 e. The number of allylic oxidation sites excluding steroid dienone is 4. The van der Waals surface area contributed by atoms with E-state index in [1.165, 1.54) is 16.1 Å². The van der Waals surface area contributed by atoms with Gasteiger partial charge in [0.1, 0.15) is 8.07 Å². The minimum absolute atomic E-state index is 0.242. The molecule has 0 bridgehead atoms. The number of rotatable bonds is 10. The van der Waals surface area contributed by atoms with Gasteiger partial charge in [0.2, 0.25) is 0 Å². The average Bonchev–Trinajstić information content (AvgIpc) is 2.74. The van der Waals surface area contributed by atoms with Crippen molar-refractivity contribution in [1.29, 1.82) is 0 Å². The molecule has 1 heterocycles. The lowest BCUT2D eigenvalue weighted by Crippen LogP contribution is -2.59. The van der Waals surface area contributed by atoms with Crippen molar-refractivity contribution in [1.82, 2.24) is 0 Å². The number of carboxylic acids is 1. The van der Waals surface area contributed by atoms with Gasteiger partial charge in [-0.2, -0.15) is 0 Å². The Morgan fingerprint density at radius 1 is 1.12 bits per heavy atom. The van der Waals surface area contributed by atoms with Gasteiger partial charge < -0.3 is 10.4 Å². The Kier molecular flexibility index (Phi) is 7.88. The number of hydrogen-bond acceptors (Lipinski definition) is 4. The first-order valence-electron chi connectivity index (χ1n) is 11.9. The minimum atomic E-state index is -2.10. The van der Waals surface area contributed by atoms with Crippen LogP contribution in [0.25, 0.3) is 0 Å². The molecule has 0 radical (unpaired) electrons. The molecular formula is C26H37N3O2Si. The smallest absolute Gasteiger partial charge is 0.303 e. The zero-order valence-corrected chi connectivity index (χ0v) is 21.1. The van der Waals surface area contributed by atoms with Crippen LogP contribution in [0, 0.1) is 0 Å². The number of carboxylic acid groups (broad SMARTS) is 1. The van der Waals surface area contributed by atoms with Crippen molar-refractivity contribution < 1.29 is 9.90 Å². The number of carbonyl (C=O) groups is 1. The van der Waals surface area contributed by atoms with E-state index in [0.717, 1.165) is 49.5 Å². The number of nitrogens with zero attached hydrogens (tertiary/aromatic N) is 2. The highest BCUT2D eigenvalue weighted by Gasteiger charge is 2.50. The maximum absolute atomic E-state index is 10.7. The van der Waals surface area contributed by atoms with E-state index < -0.39 is 14.0 Å². The van der Waals surface area contributed by atoms with Crippen LogP contribution in [0.15, 0.2) is 51.6 Å². The molecule has 1 aliphatic carbocycles. The molecular weight excluding hydrogens is 414 g/mol. The van der Waals surface area contributed by atoms with Crippen LogP contribution in [-0.4, -0.2) is 43.7 Å². The molecule has 0 spiro atoms. The van der Waals surface area contributed by atoms with Crippen molar-refractivity contribution >= 4 is 42.0 Å². The van der Waals surface area contributed by atoms with Crippen LogP contribution < -0.4 is 10.5 Å². The van der Waals surface area contributed by atoms with Crippen molar-refractivity contribution in [2.75, 3.05) is 18.4 Å². The van der Waals surface area contributed by atoms with Crippen LogP contribution in [0.3, 0.4) is 0 Å². The molecule has 0 aromatic heterocycles. The zero-order chi connectivity index (χ0) is 23.3. The Morgan fingerprint density at radius 2 is 1.88 bits per heavy atom. The van der Waals surface area contributed by atoms with Crippen molar-refractivity contribution in [3.05, 3.63) is 41.6 Å². The fourth-order valence-corrected chi connectivity index (χ4v) is 11.3. The van der Waals surface area contributed by atoms with Crippen molar-refractivity contribution in [3.8, 4) is 0 Å². The summed E-state index contributed by atoms with van der Waals surface area (Å²) in [5.41, 5.74) is 5.46. The lowest BCUT2D eigenvalue weighted by molar-refractivity contribution is -0.137. The van der Waals surface area contributed by atoms with Crippen LogP contribution in [-0.2, 0) is 4.79 Å². The van der Waals surface area contributed by atoms with E-state index in [-0.39, 0.29) is 6.42 Å². The Bertz CT molecular complexity index is 965. The summed E-state index contributed by atoms with van der Waals surface area (Å²) in [7, 11) is -2.10. The number of hydrogen-bond donors (Lipinski definition) is 2. The summed E-state index contributed by atoms with van der Waals surface area (Å²) in [4.78, 5) is 20.6. The SMILES string of the molecule is CCNc1ccc2c(c1)[Si](C(C)C)(C(C)C)C1=CC(=NCCCCCC(=O)O)C=CC1=N2. The third kappa shape index (κ3) is 4.80. The zero-order valence-electron chi connectivity index (χ0n) is 20.1. The standard InChI is InChI=1S/C26H37N3O2Si/c1-6-27-20-11-13-22-24(16-20)32(18(2)3,19(4)5)25-17-21(12-14-23(25)29-22)28-15-9-7-8-10-26(30)31/h11-14,16-19,27H,6-10,15H2,1-5H3,(H,30,31). The van der Waals surface area contributed by atoms with Crippen molar-refractivity contribution in [3.63, 3.8) is 0 Å². The van der Waals surface area contributed by atoms with Gasteiger partial charge in [-0.3, -0.25) is 9.79 Å². The Morgan fingerprint density at radius 3 is 2.53 bits per heavy atom. The van der Waals surface area contributed by atoms with Gasteiger partial charge in [-0.25, -0.2) is 4.99 Å². The van der Waals surface area contributed by atoms with E-state index in [1.54, 1.807) is 0 Å². The number of nitrogens with one attached hydrogen (secondary N) is 1. The Labute approximate surface area is 193 Å². The second kappa shape index (κ2) is 10.4. The molecule has 1 aromatic rings. The second-order valence-corrected chi connectivity index (χ2v) is 14.5. The average molecular weight is 452 g/mol. The molecule has 2 aliphatic rings. The molecule has 0 unspecified atom stereocenters. The van der Waals surface area contributed by atoms with Gasteiger partial charge in [-0.1, -0.05) is 34.1 Å². The summed E-state index contributed by atoms with van der Waals surface area (Å²) in [5.74, 6) is -0.721. The molecule has 0 amide bonds. The Balaban J connectivity index is 1.96. The Hall–Kier alpha value is -2.47. The third-order valence-electron chi connectivity index (χ3n) is 6.65. The van der Waals surface area contributed by atoms with Gasteiger partial charge in [0, 0.05) is 25.2 Å². The van der Waals surface area contributed by atoms with E-state index in [2.05, 4.69) is 76.4 Å². The first-order chi connectivity index (χ1) is 15.3. The number of benzene rings is 1. The van der Waals surface area contributed by atoms with E-state index in [4.69, 9.17) is 15.1 Å². The van der Waals surface area contributed by atoms with Gasteiger partial charge in [-0.05, 0) is 77.7 Å². The summed E-state index contributed by atoms with van der Waals surface area (Å²) in [6.07, 6.45) is 9.30. The van der Waals surface area contributed by atoms with E-state index >= 15 is 0 Å². The first-order valence-corrected chi connectivity index (χ1v) is 14.1. The van der Waals surface area contributed by atoms with Crippen LogP contribution in [0.5, 0.6) is 0 Å². The molecule has 32 heavy (non-hydrogen) atoms.